The summed E-state index contributed by atoms with van der Waals surface area (Å²) in [6.07, 6.45) is 1.36. The molecule has 1 N–H and O–H groups in total. The van der Waals surface area contributed by atoms with E-state index < -0.39 is 11.3 Å². The molecule has 0 aliphatic carbocycles. The lowest BCUT2D eigenvalue weighted by Crippen LogP contribution is -2.72. The summed E-state index contributed by atoms with van der Waals surface area (Å²) in [6, 6.07) is 25.6. The molecule has 0 bridgehead atoms. The minimum absolute atomic E-state index is 0.679. The lowest BCUT2D eigenvalue weighted by Gasteiger charge is -2.48. The highest BCUT2D eigenvalue weighted by Crippen LogP contribution is 2.51. The average Bonchev–Trinajstić information content (AvgIpc) is 3.24. The van der Waals surface area contributed by atoms with Crippen LogP contribution in [0.5, 0.6) is 0 Å². The Labute approximate surface area is 221 Å². The summed E-state index contributed by atoms with van der Waals surface area (Å²) < 4.78 is 10.7. The largest absolute Gasteiger partial charge is 0.358 e. The van der Waals surface area contributed by atoms with E-state index in [0.29, 0.717) is 12.8 Å². The van der Waals surface area contributed by atoms with Gasteiger partial charge in [0.15, 0.2) is 11.2 Å². The van der Waals surface area contributed by atoms with Gasteiger partial charge < -0.3 is 14.4 Å². The van der Waals surface area contributed by atoms with Crippen molar-refractivity contribution in [2.24, 2.45) is 7.05 Å². The first-order valence-electron chi connectivity index (χ1n) is 13.4. The van der Waals surface area contributed by atoms with Gasteiger partial charge in [-0.25, -0.2) is 4.57 Å². The second-order valence-electron chi connectivity index (χ2n) is 10.6. The molecule has 0 amide bonds. The molecule has 38 heavy (non-hydrogen) atoms. The molecule has 0 radical (unpaired) electrons. The number of methoxy groups -OCH3 is 1. The van der Waals surface area contributed by atoms with Gasteiger partial charge in [0.25, 0.3) is 5.82 Å². The zero-order valence-corrected chi connectivity index (χ0v) is 22.5. The van der Waals surface area contributed by atoms with Gasteiger partial charge in [-0.05, 0) is 57.6 Å². The van der Waals surface area contributed by atoms with Gasteiger partial charge in [-0.3, -0.25) is 0 Å². The van der Waals surface area contributed by atoms with E-state index in [1.54, 1.807) is 7.11 Å². The van der Waals surface area contributed by atoms with Crippen LogP contribution in [0.3, 0.4) is 0 Å². The van der Waals surface area contributed by atoms with Crippen LogP contribution < -0.4 is 4.57 Å². The third-order valence-electron chi connectivity index (χ3n) is 9.14. The Balaban J connectivity index is 1.77. The quantitative estimate of drug-likeness (QED) is 0.219. The van der Waals surface area contributed by atoms with Gasteiger partial charge in [-0.2, -0.15) is 0 Å². The summed E-state index contributed by atoms with van der Waals surface area (Å²) in [7, 11) is 3.75. The summed E-state index contributed by atoms with van der Waals surface area (Å²) in [4.78, 5) is 5.29. The summed E-state index contributed by atoms with van der Waals surface area (Å²) in [5.74, 6) is -0.656. The topological polar surface area (TPSA) is 51.2 Å². The second-order valence-corrected chi connectivity index (χ2v) is 10.6. The molecule has 190 valence electrons. The molecule has 4 aromatic carbocycles. The molecular weight excluding hydrogens is 470 g/mol. The zero-order chi connectivity index (χ0) is 26.4. The van der Waals surface area contributed by atoms with Gasteiger partial charge >= 0.3 is 0 Å². The number of hydrogen-bond donors (Lipinski definition) is 1. The van der Waals surface area contributed by atoms with Crippen molar-refractivity contribution in [3.8, 4) is 11.3 Å². The summed E-state index contributed by atoms with van der Waals surface area (Å²) >= 11 is 0. The number of aromatic nitrogens is 3. The number of benzene rings is 4. The van der Waals surface area contributed by atoms with Gasteiger partial charge in [0.1, 0.15) is 5.52 Å². The fourth-order valence-corrected chi connectivity index (χ4v) is 7.28. The third-order valence-corrected chi connectivity index (χ3v) is 9.14. The predicted molar refractivity (Wildman–Crippen MR) is 153 cm³/mol. The molecule has 1 atom stereocenters. The first-order chi connectivity index (χ1) is 18.4. The normalized spacial score (nSPS) is 18.4. The van der Waals surface area contributed by atoms with Gasteiger partial charge in [-0.15, -0.1) is 0 Å². The lowest BCUT2D eigenvalue weighted by molar-refractivity contribution is -0.795. The van der Waals surface area contributed by atoms with Gasteiger partial charge in [0.05, 0.1) is 10.9 Å². The van der Waals surface area contributed by atoms with Gasteiger partial charge in [-0.1, -0.05) is 68.4 Å². The highest BCUT2D eigenvalue weighted by molar-refractivity contribution is 6.21. The molecular formula is C33H32N3O2+. The van der Waals surface area contributed by atoms with Crippen LogP contribution in [0.1, 0.15) is 38.1 Å². The van der Waals surface area contributed by atoms with Crippen LogP contribution in [0, 0.1) is 6.92 Å². The minimum Gasteiger partial charge on any atom is -0.358 e. The van der Waals surface area contributed by atoms with Crippen LogP contribution in [0.15, 0.2) is 72.8 Å². The molecule has 0 spiro atoms. The SMILES string of the molecule is CCC1(CC)[n+]2c(C)nc3c4c5ccccc5ccc4n(C)c3c2-c2cc3ccccc3cc2C1(O)OC. The van der Waals surface area contributed by atoms with E-state index in [-0.39, 0.29) is 0 Å². The van der Waals surface area contributed by atoms with E-state index in [1.807, 2.05) is 6.07 Å². The Hall–Kier alpha value is -3.80. The molecule has 5 nitrogen and oxygen atoms in total. The van der Waals surface area contributed by atoms with Crippen molar-refractivity contribution in [2.45, 2.75) is 44.9 Å². The van der Waals surface area contributed by atoms with E-state index in [2.05, 4.69) is 104 Å². The Bertz CT molecular complexity index is 1930. The van der Waals surface area contributed by atoms with E-state index >= 15 is 0 Å². The highest BCUT2D eigenvalue weighted by Gasteiger charge is 2.61. The minimum atomic E-state index is -1.52. The maximum Gasteiger partial charge on any atom is 0.297 e. The van der Waals surface area contributed by atoms with Crippen LogP contribution in [-0.2, 0) is 23.1 Å². The van der Waals surface area contributed by atoms with Gasteiger partial charge in [0, 0.05) is 32.2 Å². The van der Waals surface area contributed by atoms with Crippen molar-refractivity contribution in [1.29, 1.82) is 0 Å². The number of nitrogens with zero attached hydrogens (tertiary/aromatic N) is 3. The Morgan fingerprint density at radius 2 is 1.58 bits per heavy atom. The fourth-order valence-electron chi connectivity index (χ4n) is 7.28. The molecule has 0 saturated carbocycles. The molecule has 1 aliphatic rings. The van der Waals surface area contributed by atoms with E-state index in [4.69, 9.17) is 9.72 Å². The van der Waals surface area contributed by atoms with Crippen LogP contribution in [0.25, 0.3) is 54.7 Å². The Kier molecular flexibility index (Phi) is 4.82. The van der Waals surface area contributed by atoms with E-state index in [1.165, 1.54) is 16.2 Å². The lowest BCUT2D eigenvalue weighted by atomic mass is 9.73. The number of aliphatic hydroxyl groups is 1. The first-order valence-corrected chi connectivity index (χ1v) is 13.4. The summed E-state index contributed by atoms with van der Waals surface area (Å²) in [5, 5.41) is 18.3. The van der Waals surface area contributed by atoms with Crippen molar-refractivity contribution in [3.63, 3.8) is 0 Å². The highest BCUT2D eigenvalue weighted by atomic mass is 16.6. The molecule has 5 heteroatoms. The van der Waals surface area contributed by atoms with Crippen molar-refractivity contribution >= 4 is 43.5 Å². The van der Waals surface area contributed by atoms with Gasteiger partial charge in [0.2, 0.25) is 11.3 Å². The van der Waals surface area contributed by atoms with Crippen molar-refractivity contribution in [2.75, 3.05) is 7.11 Å². The fraction of sp³-hybridized carbons (Fsp3) is 0.273. The summed E-state index contributed by atoms with van der Waals surface area (Å²) in [5.41, 5.74) is 5.35. The molecule has 1 unspecified atom stereocenters. The molecule has 7 rings (SSSR count). The summed E-state index contributed by atoms with van der Waals surface area (Å²) in [6.45, 7) is 6.33. The Morgan fingerprint density at radius 1 is 0.921 bits per heavy atom. The number of hydrogen-bond acceptors (Lipinski definition) is 3. The van der Waals surface area contributed by atoms with E-state index in [9.17, 15) is 5.11 Å². The van der Waals surface area contributed by atoms with Crippen LogP contribution >= 0.6 is 0 Å². The predicted octanol–water partition coefficient (Wildman–Crippen LogP) is 6.62. The van der Waals surface area contributed by atoms with E-state index in [0.717, 1.165) is 50.0 Å². The molecule has 0 saturated heterocycles. The Morgan fingerprint density at radius 3 is 2.26 bits per heavy atom. The van der Waals surface area contributed by atoms with Crippen LogP contribution in [0.2, 0.25) is 0 Å². The second kappa shape index (κ2) is 7.85. The molecule has 6 aromatic rings. The number of aryl methyl sites for hydroxylation is 2. The third kappa shape index (κ3) is 2.63. The average molecular weight is 503 g/mol. The maximum absolute atomic E-state index is 12.5. The molecule has 3 heterocycles. The first kappa shape index (κ1) is 23.3. The molecule has 0 fully saturated rings. The van der Waals surface area contributed by atoms with Crippen molar-refractivity contribution in [3.05, 3.63) is 84.2 Å². The zero-order valence-electron chi connectivity index (χ0n) is 22.5. The van der Waals surface area contributed by atoms with Crippen LogP contribution in [0.4, 0.5) is 0 Å². The number of rotatable bonds is 3. The van der Waals surface area contributed by atoms with Crippen LogP contribution in [-0.4, -0.2) is 21.8 Å². The maximum atomic E-state index is 12.5. The molecule has 2 aromatic heterocycles. The monoisotopic (exact) mass is 502 g/mol. The van der Waals surface area contributed by atoms with Crippen molar-refractivity contribution < 1.29 is 14.4 Å². The smallest absolute Gasteiger partial charge is 0.297 e. The molecule has 1 aliphatic heterocycles. The standard InChI is InChI=1S/C33H32N3O2/c1-6-32(7-2)33(37,38-5)26-19-23-14-9-8-13-22(23)18-25(26)30-31-29(34-20(3)36(30)32)28-24-15-11-10-12-21(24)16-17-27(28)35(31)4/h8-19,37H,6-7H2,1-5H3/q+1. The number of ether oxygens (including phenoxy) is 1. The number of fused-ring (bicyclic) bond motifs is 10. The van der Waals surface area contributed by atoms with Crippen molar-refractivity contribution in [1.82, 2.24) is 9.55 Å².